The Labute approximate surface area is 451 Å². The number of hydrogen-bond acceptors (Lipinski definition) is 15. The van der Waals surface area contributed by atoms with Crippen molar-refractivity contribution in [3.63, 3.8) is 0 Å². The lowest BCUT2D eigenvalue weighted by atomic mass is 9.88. The van der Waals surface area contributed by atoms with Crippen LogP contribution in [-0.2, 0) is 46.3 Å². The normalized spacial score (nSPS) is 21.3. The van der Waals surface area contributed by atoms with Gasteiger partial charge < -0.3 is 5.32 Å². The lowest BCUT2D eigenvalue weighted by Crippen LogP contribution is -2.45. The minimum atomic E-state index is -4.57. The first-order valence-electron chi connectivity index (χ1n) is 24.8. The average Bonchev–Trinajstić information content (AvgIpc) is 4.08. The molecule has 4 aromatic rings. The SMILES string of the molecule is Cc1ccc2c(c1)S(=O)(=O)N=C(C1CCCC1)N2N.Cc1ccc2c(c1)S(=O)(=O)NC(=NCC(C)C)N2.NN1C(C2CC2)=NS(=O)(=O)c2cccc(Cl)c21.NN1C(C2CCCCC2)=NS(=O)(=O)c2ccc(C(F)(F)F)cc21. The summed E-state index contributed by atoms with van der Waals surface area (Å²) in [5, 5.41) is 7.07. The average molecular weight is 1170 g/mol. The summed E-state index contributed by atoms with van der Waals surface area (Å²) in [7, 11) is -14.8. The molecule has 3 aliphatic carbocycles. The highest BCUT2D eigenvalue weighted by atomic mass is 35.5. The number of nitrogens with two attached hydrogens (primary N) is 3. The van der Waals surface area contributed by atoms with E-state index in [1.165, 1.54) is 16.1 Å². The van der Waals surface area contributed by atoms with Crippen molar-refractivity contribution in [2.75, 3.05) is 26.9 Å². The molecule has 4 aromatic carbocycles. The number of aryl methyl sites for hydroxylation is 2. The highest BCUT2D eigenvalue weighted by Crippen LogP contribution is 2.43. The molecule has 7 aliphatic rings. The fourth-order valence-electron chi connectivity index (χ4n) is 9.41. The van der Waals surface area contributed by atoms with Gasteiger partial charge in [-0.25, -0.2) is 30.7 Å². The quantitative estimate of drug-likeness (QED) is 0.117. The molecule has 4 aliphatic heterocycles. The third kappa shape index (κ3) is 12.8. The van der Waals surface area contributed by atoms with Crippen molar-refractivity contribution in [2.24, 2.45) is 59.4 Å². The second kappa shape index (κ2) is 22.2. The van der Waals surface area contributed by atoms with Gasteiger partial charge in [0.15, 0.2) is 0 Å². The summed E-state index contributed by atoms with van der Waals surface area (Å²) in [5.74, 6) is 19.8. The number of guanidine groups is 1. The van der Waals surface area contributed by atoms with E-state index in [-0.39, 0.29) is 48.9 Å². The van der Waals surface area contributed by atoms with Gasteiger partial charge in [0.1, 0.15) is 37.1 Å². The van der Waals surface area contributed by atoms with E-state index in [9.17, 15) is 46.8 Å². The number of fused-ring (bicyclic) bond motifs is 4. The highest BCUT2D eigenvalue weighted by Gasteiger charge is 2.41. The maximum atomic E-state index is 12.9. The third-order valence-corrected chi connectivity index (χ3v) is 19.1. The standard InChI is InChI=1S/C14H16F3N3O2S.C13H17N3O2S.C12H17N3O2S.C10H10ClN3O2S/c15-14(16,17)10-6-7-12-11(8-10)20(18)13(19-23(12,21)22)9-4-2-1-3-5-9;1-9-6-7-11-12(8-9)19(17,18)15-13(16(11)14)10-4-2-3-5-10;1-8(2)7-13-12-14-10-5-4-9(3)6-11(10)18(16,17)15-12;11-7-2-1-3-8-9(7)14(12)10(6-4-5-6)13-17(8,15)16/h6-9H,1-5,18H2;6-8,10H,2-5,14H2,1H3;4-6,8H,7H2,1-3H3,(H2,13,14,15);1-3,6H,4-5,12H2. The third-order valence-electron chi connectivity index (χ3n) is 13.5. The Bertz CT molecular complexity index is 3550. The van der Waals surface area contributed by atoms with E-state index >= 15 is 0 Å². The van der Waals surface area contributed by atoms with Gasteiger partial charge in [0.05, 0.1) is 33.3 Å². The number of sulfonamides is 4. The summed E-state index contributed by atoms with van der Waals surface area (Å²) in [6.07, 6.45) is 5.77. The largest absolute Gasteiger partial charge is 0.416 e. The van der Waals surface area contributed by atoms with Crippen molar-refractivity contribution in [3.05, 3.63) is 94.5 Å². The van der Waals surface area contributed by atoms with Crippen LogP contribution < -0.4 is 42.6 Å². The molecule has 3 saturated carbocycles. The molecule has 4 heterocycles. The molecular weight excluding hydrogens is 1110 g/mol. The molecule has 0 atom stereocenters. The first-order chi connectivity index (χ1) is 36.1. The summed E-state index contributed by atoms with van der Waals surface area (Å²) in [5.41, 5.74) is 2.11. The van der Waals surface area contributed by atoms with Gasteiger partial charge in [-0.3, -0.25) is 20.0 Å². The predicted octanol–water partition coefficient (Wildman–Crippen LogP) is 8.27. The van der Waals surface area contributed by atoms with Crippen LogP contribution in [0.3, 0.4) is 0 Å². The molecule has 0 unspecified atom stereocenters. The Morgan fingerprint density at radius 2 is 1.13 bits per heavy atom. The number of nitrogens with one attached hydrogen (secondary N) is 2. The zero-order valence-electron chi connectivity index (χ0n) is 42.5. The number of hydrogen-bond donors (Lipinski definition) is 5. The zero-order valence-corrected chi connectivity index (χ0v) is 46.5. The number of anilines is 4. The monoisotopic (exact) mass is 1160 g/mol. The summed E-state index contributed by atoms with van der Waals surface area (Å²) in [6.45, 7) is 8.34. The molecule has 416 valence electrons. The van der Waals surface area contributed by atoms with Crippen molar-refractivity contribution in [1.82, 2.24) is 4.72 Å². The number of benzene rings is 4. The minimum absolute atomic E-state index is 0.0666. The van der Waals surface area contributed by atoms with E-state index in [1.807, 2.05) is 39.8 Å². The van der Waals surface area contributed by atoms with E-state index in [2.05, 4.69) is 28.2 Å². The number of para-hydroxylation sites is 1. The molecule has 0 aromatic heterocycles. The molecule has 0 bridgehead atoms. The fourth-order valence-corrected chi connectivity index (χ4v) is 14.8. The van der Waals surface area contributed by atoms with Crippen molar-refractivity contribution in [1.29, 1.82) is 0 Å². The van der Waals surface area contributed by atoms with Gasteiger partial charge in [0.2, 0.25) is 5.96 Å². The fraction of sp³-hybridized carbons (Fsp3) is 0.429. The molecule has 77 heavy (non-hydrogen) atoms. The number of nitrogens with zero attached hydrogens (tertiary/aromatic N) is 7. The molecule has 20 nitrogen and oxygen atoms in total. The molecular formula is C49H60ClF3N12O8S4. The lowest BCUT2D eigenvalue weighted by Gasteiger charge is -2.33. The van der Waals surface area contributed by atoms with E-state index < -0.39 is 51.8 Å². The van der Waals surface area contributed by atoms with Gasteiger partial charge in [-0.05, 0) is 124 Å². The van der Waals surface area contributed by atoms with E-state index in [0.29, 0.717) is 52.2 Å². The first-order valence-corrected chi connectivity index (χ1v) is 31.0. The van der Waals surface area contributed by atoms with Crippen molar-refractivity contribution in [3.8, 4) is 0 Å². The van der Waals surface area contributed by atoms with Crippen LogP contribution in [0.5, 0.6) is 0 Å². The van der Waals surface area contributed by atoms with Crippen molar-refractivity contribution >= 4 is 97.9 Å². The summed E-state index contributed by atoms with van der Waals surface area (Å²) >= 11 is 6.01. The smallest absolute Gasteiger partial charge is 0.324 e. The number of halogens is 4. The van der Waals surface area contributed by atoms with E-state index in [0.717, 1.165) is 105 Å². The molecule has 0 spiro atoms. The maximum absolute atomic E-state index is 12.9. The van der Waals surface area contributed by atoms with Crippen LogP contribution in [-0.4, -0.2) is 63.7 Å². The zero-order chi connectivity index (χ0) is 56.0. The predicted molar refractivity (Wildman–Crippen MR) is 291 cm³/mol. The second-order valence-electron chi connectivity index (χ2n) is 20.0. The number of alkyl halides is 3. The van der Waals surface area contributed by atoms with Crippen molar-refractivity contribution in [2.45, 2.75) is 124 Å². The molecule has 11 rings (SSSR count). The molecule has 8 N–H and O–H groups in total. The first kappa shape index (κ1) is 57.5. The Balaban J connectivity index is 0.000000137. The van der Waals surface area contributed by atoms with Crippen LogP contribution in [0.1, 0.15) is 101 Å². The van der Waals surface area contributed by atoms with Gasteiger partial charge in [-0.15, -0.1) is 13.2 Å². The van der Waals surface area contributed by atoms with Crippen LogP contribution in [0.15, 0.2) is 111 Å². The summed E-state index contributed by atoms with van der Waals surface area (Å²) < 4.78 is 150. The van der Waals surface area contributed by atoms with Crippen LogP contribution >= 0.6 is 11.6 Å². The number of amidine groups is 3. The lowest BCUT2D eigenvalue weighted by molar-refractivity contribution is -0.137. The van der Waals surface area contributed by atoms with E-state index in [4.69, 9.17) is 29.1 Å². The number of aliphatic imine (C=N–C) groups is 1. The van der Waals surface area contributed by atoms with Gasteiger partial charge >= 0.3 is 6.18 Å². The summed E-state index contributed by atoms with van der Waals surface area (Å²) in [4.78, 5) is 4.46. The minimum Gasteiger partial charge on any atom is -0.324 e. The molecule has 28 heteroatoms. The Hall–Kier alpha value is -5.68. The van der Waals surface area contributed by atoms with Gasteiger partial charge in [0, 0.05) is 24.3 Å². The van der Waals surface area contributed by atoms with Crippen LogP contribution in [0.2, 0.25) is 5.02 Å². The summed E-state index contributed by atoms with van der Waals surface area (Å²) in [6, 6.07) is 17.6. The van der Waals surface area contributed by atoms with Crippen LogP contribution in [0.25, 0.3) is 0 Å². The van der Waals surface area contributed by atoms with Gasteiger partial charge in [-0.2, -0.15) is 38.4 Å². The Morgan fingerprint density at radius 1 is 0.623 bits per heavy atom. The van der Waals surface area contributed by atoms with E-state index in [1.54, 1.807) is 36.4 Å². The molecule has 0 saturated heterocycles. The maximum Gasteiger partial charge on any atom is 0.416 e. The Kier molecular flexibility index (Phi) is 16.6. The number of hydrazine groups is 3. The van der Waals surface area contributed by atoms with Gasteiger partial charge in [-0.1, -0.05) is 75.8 Å². The highest BCUT2D eigenvalue weighted by molar-refractivity contribution is 7.91. The molecule has 0 radical (unpaired) electrons. The van der Waals surface area contributed by atoms with Crippen LogP contribution in [0.4, 0.5) is 35.9 Å². The number of rotatable bonds is 5. The Morgan fingerprint density at radius 3 is 1.70 bits per heavy atom. The molecule has 3 fully saturated rings. The van der Waals surface area contributed by atoms with Crippen LogP contribution in [0, 0.1) is 37.5 Å². The second-order valence-corrected chi connectivity index (χ2v) is 26.8. The topological polar surface area (TPSA) is 298 Å². The molecule has 0 amide bonds. The van der Waals surface area contributed by atoms with Crippen molar-refractivity contribution < 1.29 is 46.8 Å². The van der Waals surface area contributed by atoms with Gasteiger partial charge in [0.25, 0.3) is 40.1 Å².